The molecule has 1 aliphatic heterocycles. The molecule has 1 aromatic carbocycles. The standard InChI is InChI=1S/C27H34ClN5O2S/c1-3-27(11-14-33(2)15-12-27)10-5-13-29-26-30-17-21(28)24(31-26)23-16-20-19(6-4-7-22(20)36-23)25(34)35-32-18-8-9-18/h4,6-7,16-18,32H,3,5,8-15H2,1-2H3,(H,29,30,31). The van der Waals surface area contributed by atoms with Gasteiger partial charge >= 0.3 is 5.97 Å². The number of rotatable bonds is 10. The van der Waals surface area contributed by atoms with Crippen LogP contribution in [-0.2, 0) is 4.84 Å². The lowest BCUT2D eigenvalue weighted by molar-refractivity contribution is 0.0238. The number of nitrogens with zero attached hydrogens (tertiary/aromatic N) is 3. The van der Waals surface area contributed by atoms with Crippen molar-refractivity contribution in [3.63, 3.8) is 0 Å². The van der Waals surface area contributed by atoms with Crippen LogP contribution in [0.4, 0.5) is 5.95 Å². The van der Waals surface area contributed by atoms with Gasteiger partial charge in [-0.05, 0) is 82.3 Å². The van der Waals surface area contributed by atoms with Crippen LogP contribution in [-0.4, -0.2) is 53.6 Å². The van der Waals surface area contributed by atoms with Crippen LogP contribution in [0.3, 0.4) is 0 Å². The van der Waals surface area contributed by atoms with Gasteiger partial charge in [0, 0.05) is 22.7 Å². The van der Waals surface area contributed by atoms with Crippen molar-refractivity contribution in [3.05, 3.63) is 41.0 Å². The molecule has 0 unspecified atom stereocenters. The minimum atomic E-state index is -0.373. The third-order valence-electron chi connectivity index (χ3n) is 7.62. The fourth-order valence-corrected chi connectivity index (χ4v) is 6.25. The van der Waals surface area contributed by atoms with E-state index in [4.69, 9.17) is 21.4 Å². The molecule has 1 aliphatic carbocycles. The maximum atomic E-state index is 12.6. The van der Waals surface area contributed by atoms with E-state index in [0.717, 1.165) is 40.8 Å². The molecular formula is C27H34ClN5O2S. The Hall–Kier alpha value is -2.26. The molecule has 3 heterocycles. The summed E-state index contributed by atoms with van der Waals surface area (Å²) in [6.45, 7) is 5.54. The Labute approximate surface area is 221 Å². The first-order valence-corrected chi connectivity index (χ1v) is 14.1. The fourth-order valence-electron chi connectivity index (χ4n) is 4.91. The third kappa shape index (κ3) is 5.83. The minimum absolute atomic E-state index is 0.286. The molecule has 2 fully saturated rings. The van der Waals surface area contributed by atoms with Crippen LogP contribution in [0.2, 0.25) is 5.02 Å². The van der Waals surface area contributed by atoms with E-state index >= 15 is 0 Å². The number of likely N-dealkylation sites (tertiary alicyclic amines) is 1. The lowest BCUT2D eigenvalue weighted by Gasteiger charge is -2.40. The predicted molar refractivity (Wildman–Crippen MR) is 147 cm³/mol. The Balaban J connectivity index is 1.26. The van der Waals surface area contributed by atoms with E-state index in [0.29, 0.717) is 27.6 Å². The van der Waals surface area contributed by atoms with Crippen molar-refractivity contribution >= 4 is 44.9 Å². The van der Waals surface area contributed by atoms with Crippen LogP contribution in [0, 0.1) is 5.41 Å². The maximum absolute atomic E-state index is 12.6. The van der Waals surface area contributed by atoms with Crippen LogP contribution < -0.4 is 10.8 Å². The van der Waals surface area contributed by atoms with E-state index in [-0.39, 0.29) is 12.0 Å². The average Bonchev–Trinajstić information content (AvgIpc) is 3.63. The minimum Gasteiger partial charge on any atom is -0.366 e. The first kappa shape index (κ1) is 25.4. The molecule has 2 N–H and O–H groups in total. The van der Waals surface area contributed by atoms with Crippen LogP contribution in [0.15, 0.2) is 30.5 Å². The third-order valence-corrected chi connectivity index (χ3v) is 9.00. The van der Waals surface area contributed by atoms with Crippen molar-refractivity contribution < 1.29 is 9.63 Å². The highest BCUT2D eigenvalue weighted by Gasteiger charge is 2.31. The van der Waals surface area contributed by atoms with Crippen molar-refractivity contribution in [2.75, 3.05) is 32.0 Å². The summed E-state index contributed by atoms with van der Waals surface area (Å²) < 4.78 is 0.984. The normalized spacial score (nSPS) is 17.9. The van der Waals surface area contributed by atoms with Gasteiger partial charge in [-0.15, -0.1) is 16.8 Å². The summed E-state index contributed by atoms with van der Waals surface area (Å²) in [4.78, 5) is 30.4. The smallest absolute Gasteiger partial charge is 0.357 e. The molecule has 0 bridgehead atoms. The Morgan fingerprint density at radius 3 is 2.86 bits per heavy atom. The number of anilines is 1. The van der Waals surface area contributed by atoms with Crippen molar-refractivity contribution in [1.29, 1.82) is 0 Å². The number of hydroxylamine groups is 1. The van der Waals surface area contributed by atoms with Gasteiger partial charge in [-0.2, -0.15) is 0 Å². The largest absolute Gasteiger partial charge is 0.366 e. The van der Waals surface area contributed by atoms with Crippen LogP contribution >= 0.6 is 22.9 Å². The van der Waals surface area contributed by atoms with Gasteiger partial charge in [0.1, 0.15) is 5.69 Å². The number of benzene rings is 1. The van der Waals surface area contributed by atoms with Gasteiger partial charge in [0.2, 0.25) is 5.95 Å². The van der Waals surface area contributed by atoms with Gasteiger partial charge < -0.3 is 15.1 Å². The molecule has 3 aromatic rings. The molecule has 192 valence electrons. The van der Waals surface area contributed by atoms with Crippen LogP contribution in [0.1, 0.15) is 62.2 Å². The van der Waals surface area contributed by atoms with Gasteiger partial charge in [-0.1, -0.05) is 31.0 Å². The maximum Gasteiger partial charge on any atom is 0.357 e. The SMILES string of the molecule is CCC1(CCCNc2ncc(Cl)c(-c3cc4c(C(=O)ONC5CC5)cccc4s3)n2)CCN(C)CC1. The summed E-state index contributed by atoms with van der Waals surface area (Å²) >= 11 is 8.07. The topological polar surface area (TPSA) is 79.4 Å². The number of nitrogens with one attached hydrogen (secondary N) is 2. The van der Waals surface area contributed by atoms with Crippen molar-refractivity contribution in [2.45, 2.75) is 57.9 Å². The molecule has 2 aliphatic rings. The Kier molecular flexibility index (Phi) is 7.76. The summed E-state index contributed by atoms with van der Waals surface area (Å²) in [5, 5.41) is 4.73. The molecule has 0 radical (unpaired) electrons. The molecule has 0 atom stereocenters. The second-order valence-corrected chi connectivity index (χ2v) is 11.7. The van der Waals surface area contributed by atoms with E-state index in [1.54, 1.807) is 23.6 Å². The first-order chi connectivity index (χ1) is 17.5. The van der Waals surface area contributed by atoms with E-state index < -0.39 is 0 Å². The predicted octanol–water partition coefficient (Wildman–Crippen LogP) is 6.15. The summed E-state index contributed by atoms with van der Waals surface area (Å²) in [6.07, 6.45) is 9.83. The van der Waals surface area contributed by atoms with Crippen molar-refractivity contribution in [3.8, 4) is 10.6 Å². The molecule has 0 amide bonds. The second kappa shape index (κ2) is 11.0. The highest BCUT2D eigenvalue weighted by molar-refractivity contribution is 7.22. The van der Waals surface area contributed by atoms with Gasteiger partial charge in [0.15, 0.2) is 0 Å². The summed E-state index contributed by atoms with van der Waals surface area (Å²) in [6, 6.07) is 7.91. The Morgan fingerprint density at radius 2 is 2.11 bits per heavy atom. The summed E-state index contributed by atoms with van der Waals surface area (Å²) in [5.74, 6) is 0.205. The van der Waals surface area contributed by atoms with E-state index in [2.05, 4.69) is 34.7 Å². The number of hydrogen-bond acceptors (Lipinski definition) is 8. The van der Waals surface area contributed by atoms with Crippen molar-refractivity contribution in [2.24, 2.45) is 5.41 Å². The molecule has 1 saturated heterocycles. The molecule has 5 rings (SSSR count). The molecule has 1 saturated carbocycles. The zero-order chi connectivity index (χ0) is 25.1. The van der Waals surface area contributed by atoms with Gasteiger partial charge in [0.05, 0.1) is 21.7 Å². The molecular weight excluding hydrogens is 494 g/mol. The Morgan fingerprint density at radius 1 is 1.31 bits per heavy atom. The zero-order valence-electron chi connectivity index (χ0n) is 21.0. The number of piperidine rings is 1. The summed E-state index contributed by atoms with van der Waals surface area (Å²) in [7, 11) is 2.21. The van der Waals surface area contributed by atoms with Crippen molar-refractivity contribution in [1.82, 2.24) is 20.3 Å². The number of fused-ring (bicyclic) bond motifs is 1. The number of carbonyl (C=O) groups is 1. The lowest BCUT2D eigenvalue weighted by Crippen LogP contribution is -2.37. The van der Waals surface area contributed by atoms with E-state index in [9.17, 15) is 4.79 Å². The first-order valence-electron chi connectivity index (χ1n) is 12.9. The summed E-state index contributed by atoms with van der Waals surface area (Å²) in [5.41, 5.74) is 4.50. The van der Waals surface area contributed by atoms with E-state index in [1.807, 2.05) is 18.2 Å². The molecule has 7 nitrogen and oxygen atoms in total. The number of thiophene rings is 1. The lowest BCUT2D eigenvalue weighted by atomic mass is 9.73. The zero-order valence-corrected chi connectivity index (χ0v) is 22.6. The molecule has 9 heteroatoms. The van der Waals surface area contributed by atoms with Gasteiger partial charge in [-0.3, -0.25) is 0 Å². The molecule has 2 aromatic heterocycles. The average molecular weight is 528 g/mol. The second-order valence-electron chi connectivity index (χ2n) is 10.2. The number of halogens is 1. The highest BCUT2D eigenvalue weighted by atomic mass is 35.5. The molecule has 36 heavy (non-hydrogen) atoms. The fraction of sp³-hybridized carbons (Fsp3) is 0.519. The quantitative estimate of drug-likeness (QED) is 0.242. The number of carbonyl (C=O) groups excluding carboxylic acids is 1. The monoisotopic (exact) mass is 527 g/mol. The Bertz CT molecular complexity index is 1220. The molecule has 0 spiro atoms. The van der Waals surface area contributed by atoms with Gasteiger partial charge in [0.25, 0.3) is 0 Å². The number of aromatic nitrogens is 2. The number of hydrogen-bond donors (Lipinski definition) is 2. The van der Waals surface area contributed by atoms with Gasteiger partial charge in [-0.25, -0.2) is 14.8 Å². The van der Waals surface area contributed by atoms with E-state index in [1.165, 1.54) is 38.8 Å². The van der Waals surface area contributed by atoms with Crippen LogP contribution in [0.25, 0.3) is 20.7 Å². The van der Waals surface area contributed by atoms with Crippen LogP contribution in [0.5, 0.6) is 0 Å². The highest BCUT2D eigenvalue weighted by Crippen LogP contribution is 2.39.